The Morgan fingerprint density at radius 3 is 1.93 bits per heavy atom. The van der Waals surface area contributed by atoms with Crippen LogP contribution in [0.1, 0.15) is 84.0 Å². The third-order valence-corrected chi connectivity index (χ3v) is 4.93. The van der Waals surface area contributed by atoms with Crippen LogP contribution in [0.15, 0.2) is 0 Å². The molecule has 0 heterocycles. The number of amides is 1. The maximum absolute atomic E-state index is 11.8. The first-order chi connectivity index (χ1) is 13.7. The molecule has 28 heavy (non-hydrogen) atoms. The van der Waals surface area contributed by atoms with E-state index in [1.807, 2.05) is 4.90 Å². The molecule has 3 N–H and O–H groups in total. The minimum absolute atomic E-state index is 0.0884. The average molecular weight is 403 g/mol. The Hall–Kier alpha value is -0.690. The molecule has 0 saturated heterocycles. The zero-order valence-electron chi connectivity index (χ0n) is 18.3. The molecule has 0 unspecified atom stereocenters. The van der Waals surface area contributed by atoms with Gasteiger partial charge in [-0.1, -0.05) is 64.7 Å². The summed E-state index contributed by atoms with van der Waals surface area (Å²) in [7, 11) is 0. The quantitative estimate of drug-likeness (QED) is 0.242. The van der Waals surface area contributed by atoms with Crippen LogP contribution in [-0.2, 0) is 9.53 Å². The van der Waals surface area contributed by atoms with Gasteiger partial charge in [-0.05, 0) is 12.8 Å². The van der Waals surface area contributed by atoms with Crippen LogP contribution >= 0.6 is 0 Å². The van der Waals surface area contributed by atoms with E-state index in [4.69, 9.17) is 14.9 Å². The fraction of sp³-hybridized carbons (Fsp3) is 0.955. The molecule has 0 aromatic carbocycles. The lowest BCUT2D eigenvalue weighted by molar-refractivity contribution is -0.121. The molecule has 1 amide bonds. The van der Waals surface area contributed by atoms with E-state index >= 15 is 0 Å². The fourth-order valence-corrected chi connectivity index (χ4v) is 3.18. The van der Waals surface area contributed by atoms with Crippen LogP contribution in [0, 0.1) is 0 Å². The van der Waals surface area contributed by atoms with Crippen LogP contribution in [-0.4, -0.2) is 73.6 Å². The predicted molar refractivity (Wildman–Crippen MR) is 116 cm³/mol. The Labute approximate surface area is 173 Å². The largest absolute Gasteiger partial charge is 0.395 e. The van der Waals surface area contributed by atoms with Gasteiger partial charge in [-0.3, -0.25) is 9.69 Å². The second-order valence-corrected chi connectivity index (χ2v) is 7.54. The lowest BCUT2D eigenvalue weighted by Crippen LogP contribution is -2.33. The van der Waals surface area contributed by atoms with E-state index in [1.54, 1.807) is 0 Å². The van der Waals surface area contributed by atoms with Crippen molar-refractivity contribution in [1.29, 1.82) is 0 Å². The number of aliphatic hydroxyl groups excluding tert-OH is 2. The number of unbranched alkanes of at least 4 members (excludes halogenated alkanes) is 9. The van der Waals surface area contributed by atoms with Crippen LogP contribution in [0.5, 0.6) is 0 Å². The molecule has 0 saturated carbocycles. The van der Waals surface area contributed by atoms with Crippen LogP contribution in [0.4, 0.5) is 0 Å². The van der Waals surface area contributed by atoms with E-state index in [9.17, 15) is 4.79 Å². The van der Waals surface area contributed by atoms with Gasteiger partial charge in [0.05, 0.1) is 19.8 Å². The molecule has 0 aliphatic rings. The van der Waals surface area contributed by atoms with Crippen LogP contribution in [0.2, 0.25) is 0 Å². The van der Waals surface area contributed by atoms with E-state index in [2.05, 4.69) is 12.2 Å². The van der Waals surface area contributed by atoms with E-state index in [0.29, 0.717) is 45.8 Å². The molecule has 0 aromatic rings. The molecule has 6 nitrogen and oxygen atoms in total. The second kappa shape index (κ2) is 22.6. The summed E-state index contributed by atoms with van der Waals surface area (Å²) in [5, 5.41) is 20.8. The van der Waals surface area contributed by atoms with Crippen molar-refractivity contribution in [3.63, 3.8) is 0 Å². The number of rotatable bonds is 22. The number of aliphatic hydroxyl groups is 2. The zero-order valence-corrected chi connectivity index (χ0v) is 18.3. The molecule has 0 spiro atoms. The van der Waals surface area contributed by atoms with Crippen molar-refractivity contribution in [2.45, 2.75) is 84.0 Å². The van der Waals surface area contributed by atoms with Gasteiger partial charge in [-0.25, -0.2) is 0 Å². The summed E-state index contributed by atoms with van der Waals surface area (Å²) in [6.45, 7) is 6.09. The van der Waals surface area contributed by atoms with E-state index in [0.717, 1.165) is 19.3 Å². The Balaban J connectivity index is 3.31. The van der Waals surface area contributed by atoms with Gasteiger partial charge in [0.1, 0.15) is 0 Å². The van der Waals surface area contributed by atoms with Crippen molar-refractivity contribution >= 4 is 5.91 Å². The topological polar surface area (TPSA) is 82.0 Å². The van der Waals surface area contributed by atoms with Crippen molar-refractivity contribution in [1.82, 2.24) is 10.2 Å². The first kappa shape index (κ1) is 27.3. The van der Waals surface area contributed by atoms with E-state index in [1.165, 1.54) is 51.4 Å². The fourth-order valence-electron chi connectivity index (χ4n) is 3.18. The normalized spacial score (nSPS) is 11.3. The molecule has 0 radical (unpaired) electrons. The lowest BCUT2D eigenvalue weighted by atomic mass is 10.1. The number of nitrogens with one attached hydrogen (secondary N) is 1. The lowest BCUT2D eigenvalue weighted by Gasteiger charge is -2.19. The summed E-state index contributed by atoms with van der Waals surface area (Å²) in [6, 6.07) is 0. The zero-order chi connectivity index (χ0) is 20.7. The summed E-state index contributed by atoms with van der Waals surface area (Å²) < 4.78 is 5.55. The summed E-state index contributed by atoms with van der Waals surface area (Å²) in [5.74, 6) is 0.150. The van der Waals surface area contributed by atoms with Gasteiger partial charge >= 0.3 is 0 Å². The number of carbonyl (C=O) groups is 1. The number of hydrogen-bond acceptors (Lipinski definition) is 5. The Bertz CT molecular complexity index is 324. The first-order valence-electron chi connectivity index (χ1n) is 11.5. The molecule has 6 heteroatoms. The second-order valence-electron chi connectivity index (χ2n) is 7.54. The number of carbonyl (C=O) groups excluding carboxylic acids is 1. The van der Waals surface area contributed by atoms with Gasteiger partial charge in [0.25, 0.3) is 0 Å². The number of hydrogen-bond donors (Lipinski definition) is 3. The Morgan fingerprint density at radius 2 is 1.36 bits per heavy atom. The van der Waals surface area contributed by atoms with Gasteiger partial charge in [0.15, 0.2) is 0 Å². The minimum atomic E-state index is 0.0884. The third-order valence-electron chi connectivity index (χ3n) is 4.93. The Morgan fingerprint density at radius 1 is 0.786 bits per heavy atom. The van der Waals surface area contributed by atoms with Crippen molar-refractivity contribution in [2.24, 2.45) is 0 Å². The number of ether oxygens (including phenoxy) is 1. The van der Waals surface area contributed by atoms with Crippen molar-refractivity contribution in [3.8, 4) is 0 Å². The monoisotopic (exact) mass is 402 g/mol. The van der Waals surface area contributed by atoms with Crippen molar-refractivity contribution in [3.05, 3.63) is 0 Å². The van der Waals surface area contributed by atoms with Crippen LogP contribution < -0.4 is 5.32 Å². The van der Waals surface area contributed by atoms with Gasteiger partial charge < -0.3 is 20.3 Å². The molecular weight excluding hydrogens is 356 g/mol. The highest BCUT2D eigenvalue weighted by Gasteiger charge is 2.03. The molecule has 168 valence electrons. The highest BCUT2D eigenvalue weighted by Crippen LogP contribution is 2.11. The smallest absolute Gasteiger partial charge is 0.219 e. The maximum atomic E-state index is 11.8. The highest BCUT2D eigenvalue weighted by atomic mass is 16.5. The van der Waals surface area contributed by atoms with Gasteiger partial charge in [0.2, 0.25) is 5.91 Å². The van der Waals surface area contributed by atoms with Gasteiger partial charge in [-0.2, -0.15) is 0 Å². The third kappa shape index (κ3) is 20.1. The minimum Gasteiger partial charge on any atom is -0.395 e. The highest BCUT2D eigenvalue weighted by molar-refractivity contribution is 5.75. The number of nitrogens with zero attached hydrogens (tertiary/aromatic N) is 1. The van der Waals surface area contributed by atoms with Crippen LogP contribution in [0.25, 0.3) is 0 Å². The summed E-state index contributed by atoms with van der Waals surface area (Å²) in [4.78, 5) is 13.8. The summed E-state index contributed by atoms with van der Waals surface area (Å²) >= 11 is 0. The molecule has 0 bridgehead atoms. The Kier molecular flexibility index (Phi) is 22.0. The maximum Gasteiger partial charge on any atom is 0.219 e. The van der Waals surface area contributed by atoms with E-state index in [-0.39, 0.29) is 19.1 Å². The molecule has 0 aliphatic carbocycles. The van der Waals surface area contributed by atoms with Crippen LogP contribution in [0.3, 0.4) is 0 Å². The van der Waals surface area contributed by atoms with Gasteiger partial charge in [0, 0.05) is 39.2 Å². The summed E-state index contributed by atoms with van der Waals surface area (Å²) in [5.41, 5.74) is 0. The van der Waals surface area contributed by atoms with Crippen molar-refractivity contribution in [2.75, 3.05) is 52.6 Å². The molecule has 0 aliphatic heterocycles. The predicted octanol–water partition coefficient (Wildman–Crippen LogP) is 3.11. The average Bonchev–Trinajstić information content (AvgIpc) is 2.69. The standard InChI is InChI=1S/C22H46N2O4/c1-2-3-4-5-6-7-8-9-10-11-13-22(27)23-14-12-20-28-21-17-24(15-18-25)16-19-26/h25-26H,2-21H2,1H3,(H,23,27). The molecule has 0 rings (SSSR count). The summed E-state index contributed by atoms with van der Waals surface area (Å²) in [6.07, 6.45) is 14.3. The molecule has 0 fully saturated rings. The van der Waals surface area contributed by atoms with E-state index < -0.39 is 0 Å². The van der Waals surface area contributed by atoms with Gasteiger partial charge in [-0.15, -0.1) is 0 Å². The molecule has 0 atom stereocenters. The SMILES string of the molecule is CCCCCCCCCCCCC(=O)NCCCOCCN(CCO)CCO. The molecular formula is C22H46N2O4. The first-order valence-corrected chi connectivity index (χ1v) is 11.5. The molecule has 0 aromatic heterocycles. The van der Waals surface area contributed by atoms with Crippen molar-refractivity contribution < 1.29 is 19.7 Å².